The Labute approximate surface area is 138 Å². The van der Waals surface area contributed by atoms with Crippen LogP contribution in [0.3, 0.4) is 0 Å². The maximum absolute atomic E-state index is 11.7. The molecule has 0 aliphatic rings. The van der Waals surface area contributed by atoms with Gasteiger partial charge in [0.1, 0.15) is 23.9 Å². The fourth-order valence-electron chi connectivity index (χ4n) is 2.06. The highest BCUT2D eigenvalue weighted by molar-refractivity contribution is 9.10. The summed E-state index contributed by atoms with van der Waals surface area (Å²) in [7, 11) is 3.18. The van der Waals surface area contributed by atoms with E-state index >= 15 is 0 Å². The second kappa shape index (κ2) is 7.31. The first kappa shape index (κ1) is 16.4. The summed E-state index contributed by atoms with van der Waals surface area (Å²) in [5.74, 6) is 1.81. The number of halogens is 1. The first-order valence-electron chi connectivity index (χ1n) is 6.69. The van der Waals surface area contributed by atoms with Crippen LogP contribution in [0.4, 0.5) is 0 Å². The summed E-state index contributed by atoms with van der Waals surface area (Å²) in [5.41, 5.74) is 1.41. The lowest BCUT2D eigenvalue weighted by molar-refractivity contribution is 0.101. The molecule has 116 valence electrons. The number of rotatable bonds is 6. The van der Waals surface area contributed by atoms with Crippen LogP contribution in [0, 0.1) is 0 Å². The number of hydrogen-bond acceptors (Lipinski definition) is 4. The van der Waals surface area contributed by atoms with Crippen molar-refractivity contribution in [1.29, 1.82) is 0 Å². The molecule has 0 spiro atoms. The van der Waals surface area contributed by atoms with Gasteiger partial charge in [0.25, 0.3) is 0 Å². The van der Waals surface area contributed by atoms with Crippen molar-refractivity contribution < 1.29 is 19.0 Å². The highest BCUT2D eigenvalue weighted by Gasteiger charge is 2.12. The van der Waals surface area contributed by atoms with Gasteiger partial charge in [0.2, 0.25) is 0 Å². The van der Waals surface area contributed by atoms with Crippen LogP contribution in [0.15, 0.2) is 40.9 Å². The van der Waals surface area contributed by atoms with Crippen molar-refractivity contribution in [1.82, 2.24) is 0 Å². The van der Waals surface area contributed by atoms with Crippen LogP contribution in [-0.2, 0) is 6.61 Å². The van der Waals surface area contributed by atoms with Crippen LogP contribution in [0.1, 0.15) is 22.8 Å². The smallest absolute Gasteiger partial charge is 0.163 e. The van der Waals surface area contributed by atoms with Gasteiger partial charge in [-0.1, -0.05) is 15.9 Å². The third-order valence-corrected chi connectivity index (χ3v) is 3.69. The van der Waals surface area contributed by atoms with Gasteiger partial charge in [-0.2, -0.15) is 0 Å². The van der Waals surface area contributed by atoms with Gasteiger partial charge in [0.05, 0.1) is 19.8 Å². The molecule has 0 atom stereocenters. The van der Waals surface area contributed by atoms with Crippen LogP contribution < -0.4 is 14.2 Å². The van der Waals surface area contributed by atoms with E-state index in [1.54, 1.807) is 32.4 Å². The van der Waals surface area contributed by atoms with E-state index in [4.69, 9.17) is 14.2 Å². The minimum Gasteiger partial charge on any atom is -0.497 e. The lowest BCUT2D eigenvalue weighted by atomic mass is 10.1. The van der Waals surface area contributed by atoms with Crippen molar-refractivity contribution in [3.8, 4) is 17.2 Å². The second-order valence-corrected chi connectivity index (χ2v) is 5.58. The number of hydrogen-bond donors (Lipinski definition) is 0. The largest absolute Gasteiger partial charge is 0.497 e. The fraction of sp³-hybridized carbons (Fsp3) is 0.235. The Morgan fingerprint density at radius 3 is 2.45 bits per heavy atom. The number of ketones is 1. The summed E-state index contributed by atoms with van der Waals surface area (Å²) < 4.78 is 17.3. The molecule has 5 heteroatoms. The van der Waals surface area contributed by atoms with E-state index in [9.17, 15) is 4.79 Å². The van der Waals surface area contributed by atoms with Crippen LogP contribution >= 0.6 is 15.9 Å². The molecule has 4 nitrogen and oxygen atoms in total. The highest BCUT2D eigenvalue weighted by atomic mass is 79.9. The van der Waals surface area contributed by atoms with E-state index in [1.807, 2.05) is 18.2 Å². The van der Waals surface area contributed by atoms with E-state index < -0.39 is 0 Å². The van der Waals surface area contributed by atoms with E-state index in [0.717, 1.165) is 15.8 Å². The topological polar surface area (TPSA) is 44.8 Å². The van der Waals surface area contributed by atoms with Gasteiger partial charge in [-0.25, -0.2) is 0 Å². The maximum atomic E-state index is 11.7. The number of carbonyl (C=O) groups excluding carboxylic acids is 1. The number of methoxy groups -OCH3 is 2. The summed E-state index contributed by atoms with van der Waals surface area (Å²) >= 11 is 3.43. The van der Waals surface area contributed by atoms with Gasteiger partial charge in [0, 0.05) is 16.1 Å². The molecule has 2 aromatic carbocycles. The Kier molecular flexibility index (Phi) is 5.44. The molecule has 2 rings (SSSR count). The van der Waals surface area contributed by atoms with Crippen molar-refractivity contribution in [2.45, 2.75) is 13.5 Å². The third-order valence-electron chi connectivity index (χ3n) is 3.19. The summed E-state index contributed by atoms with van der Waals surface area (Å²) in [6, 6.07) is 10.8. The predicted octanol–water partition coefficient (Wildman–Crippen LogP) is 4.25. The van der Waals surface area contributed by atoms with Gasteiger partial charge in [-0.05, 0) is 37.3 Å². The van der Waals surface area contributed by atoms with Crippen molar-refractivity contribution in [3.63, 3.8) is 0 Å². The Balaban J connectivity index is 2.27. The first-order valence-corrected chi connectivity index (χ1v) is 7.48. The molecular formula is C17H17BrO4. The number of ether oxygens (including phenoxy) is 3. The van der Waals surface area contributed by atoms with E-state index in [2.05, 4.69) is 15.9 Å². The molecule has 0 radical (unpaired) electrons. The Morgan fingerprint density at radius 2 is 1.82 bits per heavy atom. The van der Waals surface area contributed by atoms with Gasteiger partial charge in [-0.3, -0.25) is 4.79 Å². The first-order chi connectivity index (χ1) is 10.5. The zero-order chi connectivity index (χ0) is 16.1. The molecule has 0 saturated carbocycles. The third kappa shape index (κ3) is 3.80. The molecular weight excluding hydrogens is 348 g/mol. The second-order valence-electron chi connectivity index (χ2n) is 4.66. The Hall–Kier alpha value is -2.01. The van der Waals surface area contributed by atoms with Crippen LogP contribution in [0.5, 0.6) is 17.2 Å². The summed E-state index contributed by atoms with van der Waals surface area (Å²) in [6.45, 7) is 1.80. The van der Waals surface area contributed by atoms with E-state index in [-0.39, 0.29) is 12.4 Å². The Bertz CT molecular complexity index is 682. The van der Waals surface area contributed by atoms with Gasteiger partial charge >= 0.3 is 0 Å². The quantitative estimate of drug-likeness (QED) is 0.718. The normalized spacial score (nSPS) is 10.2. The molecule has 0 aromatic heterocycles. The van der Waals surface area contributed by atoms with Crippen LogP contribution in [0.25, 0.3) is 0 Å². The molecule has 0 heterocycles. The van der Waals surface area contributed by atoms with Gasteiger partial charge < -0.3 is 14.2 Å². The zero-order valence-corrected chi connectivity index (χ0v) is 14.3. The number of benzene rings is 2. The lowest BCUT2D eigenvalue weighted by Crippen LogP contribution is -2.03. The van der Waals surface area contributed by atoms with Crippen LogP contribution in [-0.4, -0.2) is 20.0 Å². The van der Waals surface area contributed by atoms with Crippen molar-refractivity contribution >= 4 is 21.7 Å². The van der Waals surface area contributed by atoms with Crippen molar-refractivity contribution in [2.75, 3.05) is 14.2 Å². The molecule has 0 aliphatic carbocycles. The average Bonchev–Trinajstić information content (AvgIpc) is 2.52. The minimum absolute atomic E-state index is 0.0566. The molecule has 0 unspecified atom stereocenters. The average molecular weight is 365 g/mol. The summed E-state index contributed by atoms with van der Waals surface area (Å²) in [5, 5.41) is 0. The standard InChI is InChI=1S/C17H17BrO4/c1-11(19)15-6-5-14(20-2)9-17(15)22-10-12-8-13(18)4-7-16(12)21-3/h4-9H,10H2,1-3H3. The minimum atomic E-state index is -0.0566. The molecule has 0 aliphatic heterocycles. The highest BCUT2D eigenvalue weighted by Crippen LogP contribution is 2.28. The van der Waals surface area contributed by atoms with Gasteiger partial charge in [-0.15, -0.1) is 0 Å². The van der Waals surface area contributed by atoms with E-state index in [0.29, 0.717) is 17.1 Å². The molecule has 0 fully saturated rings. The van der Waals surface area contributed by atoms with Crippen LogP contribution in [0.2, 0.25) is 0 Å². The SMILES string of the molecule is COc1ccc(C(C)=O)c(OCc2cc(Br)ccc2OC)c1. The predicted molar refractivity (Wildman–Crippen MR) is 88.0 cm³/mol. The monoisotopic (exact) mass is 364 g/mol. The molecule has 2 aromatic rings. The number of Topliss-reactive ketones (excluding diaryl/α,β-unsaturated/α-hetero) is 1. The molecule has 22 heavy (non-hydrogen) atoms. The molecule has 0 amide bonds. The molecule has 0 saturated heterocycles. The summed E-state index contributed by atoms with van der Waals surface area (Å²) in [6.07, 6.45) is 0. The lowest BCUT2D eigenvalue weighted by Gasteiger charge is -2.13. The zero-order valence-electron chi connectivity index (χ0n) is 12.7. The van der Waals surface area contributed by atoms with E-state index in [1.165, 1.54) is 6.92 Å². The molecule has 0 bridgehead atoms. The van der Waals surface area contributed by atoms with Crippen molar-refractivity contribution in [2.24, 2.45) is 0 Å². The molecule has 0 N–H and O–H groups in total. The van der Waals surface area contributed by atoms with Gasteiger partial charge in [0.15, 0.2) is 5.78 Å². The Morgan fingerprint density at radius 1 is 1.05 bits per heavy atom. The summed E-state index contributed by atoms with van der Waals surface area (Å²) in [4.78, 5) is 11.7. The fourth-order valence-corrected chi connectivity index (χ4v) is 2.46. The maximum Gasteiger partial charge on any atom is 0.163 e. The number of carbonyl (C=O) groups is 1. The van der Waals surface area contributed by atoms with Crippen molar-refractivity contribution in [3.05, 3.63) is 52.0 Å².